The van der Waals surface area contributed by atoms with Gasteiger partial charge in [0.05, 0.1) is 6.54 Å². The summed E-state index contributed by atoms with van der Waals surface area (Å²) in [5, 5.41) is 0.610. The number of likely N-dealkylation sites (N-methyl/N-ethyl adjacent to an activating group) is 1. The van der Waals surface area contributed by atoms with Gasteiger partial charge in [-0.2, -0.15) is 0 Å². The first-order chi connectivity index (χ1) is 8.72. The van der Waals surface area contributed by atoms with Gasteiger partial charge in [-0.05, 0) is 18.1 Å². The first kappa shape index (κ1) is 12.1. The molecule has 4 heteroatoms. The molecule has 1 unspecified atom stereocenters. The van der Waals surface area contributed by atoms with Gasteiger partial charge in [0.25, 0.3) is 0 Å². The Hall–Kier alpha value is -1.00. The lowest BCUT2D eigenvalue weighted by Crippen LogP contribution is -2.50. The second-order valence-electron chi connectivity index (χ2n) is 5.10. The minimum atomic E-state index is 0.252. The Morgan fingerprint density at radius 2 is 2.17 bits per heavy atom. The van der Waals surface area contributed by atoms with Gasteiger partial charge in [0.15, 0.2) is 0 Å². The molecule has 3 nitrogen and oxygen atoms in total. The summed E-state index contributed by atoms with van der Waals surface area (Å²) in [6.07, 6.45) is 1.14. The van der Waals surface area contributed by atoms with Crippen molar-refractivity contribution in [2.24, 2.45) is 0 Å². The van der Waals surface area contributed by atoms with Crippen molar-refractivity contribution in [3.63, 3.8) is 0 Å². The van der Waals surface area contributed by atoms with Gasteiger partial charge in [0.2, 0.25) is 5.91 Å². The summed E-state index contributed by atoms with van der Waals surface area (Å²) in [5.41, 5.74) is 1.47. The molecule has 18 heavy (non-hydrogen) atoms. The molecule has 0 saturated carbocycles. The monoisotopic (exact) mass is 262 g/mol. The fourth-order valence-electron chi connectivity index (χ4n) is 2.61. The van der Waals surface area contributed by atoms with Crippen molar-refractivity contribution in [1.82, 2.24) is 9.80 Å². The fraction of sp³-hybridized carbons (Fsp3) is 0.500. The zero-order valence-corrected chi connectivity index (χ0v) is 11.4. The number of hydrogen-bond acceptors (Lipinski definition) is 3. The standard InChI is InChI=1S/C14H18N2OS/c1-15-6-7-16(10-14(15)17)9-12-8-11-4-2-3-5-13(11)18-12/h2-5,12H,6-10H2,1H3. The largest absolute Gasteiger partial charge is 0.343 e. The number of piperazine rings is 1. The van der Waals surface area contributed by atoms with E-state index < -0.39 is 0 Å². The normalized spacial score (nSPS) is 24.4. The van der Waals surface area contributed by atoms with Crippen LogP contribution in [-0.2, 0) is 11.2 Å². The Bertz CT molecular complexity index is 438. The average molecular weight is 262 g/mol. The fourth-order valence-corrected chi connectivity index (χ4v) is 3.97. The summed E-state index contributed by atoms with van der Waals surface area (Å²) in [4.78, 5) is 17.2. The van der Waals surface area contributed by atoms with Crippen molar-refractivity contribution in [3.05, 3.63) is 29.8 Å². The Kier molecular flexibility index (Phi) is 3.31. The molecule has 2 heterocycles. The van der Waals surface area contributed by atoms with Gasteiger partial charge >= 0.3 is 0 Å². The molecule has 96 valence electrons. The van der Waals surface area contributed by atoms with Gasteiger partial charge in [-0.3, -0.25) is 9.69 Å². The number of hydrogen-bond donors (Lipinski definition) is 0. The zero-order valence-electron chi connectivity index (χ0n) is 10.6. The smallest absolute Gasteiger partial charge is 0.236 e. The molecule has 0 bridgehead atoms. The highest BCUT2D eigenvalue weighted by molar-refractivity contribution is 8.00. The number of rotatable bonds is 2. The molecule has 0 radical (unpaired) electrons. The van der Waals surface area contributed by atoms with Crippen LogP contribution in [0, 0.1) is 0 Å². The van der Waals surface area contributed by atoms with E-state index in [1.165, 1.54) is 10.5 Å². The lowest BCUT2D eigenvalue weighted by Gasteiger charge is -2.33. The third kappa shape index (κ3) is 2.40. The molecule has 1 atom stereocenters. The minimum absolute atomic E-state index is 0.252. The van der Waals surface area contributed by atoms with E-state index in [0.717, 1.165) is 26.1 Å². The highest BCUT2D eigenvalue weighted by Crippen LogP contribution is 2.37. The van der Waals surface area contributed by atoms with E-state index in [2.05, 4.69) is 29.2 Å². The third-order valence-corrected chi connectivity index (χ3v) is 5.01. The lowest BCUT2D eigenvalue weighted by molar-refractivity contribution is -0.134. The van der Waals surface area contributed by atoms with Crippen LogP contribution in [0.1, 0.15) is 5.56 Å². The van der Waals surface area contributed by atoms with Crippen molar-refractivity contribution in [2.45, 2.75) is 16.6 Å². The van der Waals surface area contributed by atoms with Crippen molar-refractivity contribution in [2.75, 3.05) is 33.2 Å². The van der Waals surface area contributed by atoms with E-state index in [0.29, 0.717) is 11.8 Å². The Balaban J connectivity index is 1.58. The van der Waals surface area contributed by atoms with Gasteiger partial charge in [-0.25, -0.2) is 0 Å². The van der Waals surface area contributed by atoms with Gasteiger partial charge in [-0.15, -0.1) is 11.8 Å². The van der Waals surface area contributed by atoms with Crippen LogP contribution in [-0.4, -0.2) is 54.2 Å². The third-order valence-electron chi connectivity index (χ3n) is 3.71. The molecule has 1 amide bonds. The van der Waals surface area contributed by atoms with Gasteiger partial charge in [0.1, 0.15) is 0 Å². The molecule has 1 saturated heterocycles. The van der Waals surface area contributed by atoms with Crippen LogP contribution in [0.25, 0.3) is 0 Å². The molecule has 0 aromatic heterocycles. The second-order valence-corrected chi connectivity index (χ2v) is 6.44. The van der Waals surface area contributed by atoms with Crippen molar-refractivity contribution >= 4 is 17.7 Å². The first-order valence-electron chi connectivity index (χ1n) is 6.43. The van der Waals surface area contributed by atoms with E-state index in [4.69, 9.17) is 0 Å². The predicted molar refractivity (Wildman–Crippen MR) is 73.9 cm³/mol. The minimum Gasteiger partial charge on any atom is -0.343 e. The van der Waals surface area contributed by atoms with Crippen molar-refractivity contribution < 1.29 is 4.79 Å². The van der Waals surface area contributed by atoms with E-state index in [9.17, 15) is 4.79 Å². The summed E-state index contributed by atoms with van der Waals surface area (Å²) >= 11 is 1.97. The SMILES string of the molecule is CN1CCN(CC2Cc3ccccc3S2)CC1=O. The summed E-state index contributed by atoms with van der Waals surface area (Å²) in [6, 6.07) is 8.64. The summed E-state index contributed by atoms with van der Waals surface area (Å²) in [5.74, 6) is 0.252. The van der Waals surface area contributed by atoms with Crippen LogP contribution in [0.2, 0.25) is 0 Å². The predicted octanol–water partition coefficient (Wildman–Crippen LogP) is 1.48. The molecule has 0 aliphatic carbocycles. The van der Waals surface area contributed by atoms with E-state index in [1.807, 2.05) is 23.7 Å². The van der Waals surface area contributed by atoms with Crippen LogP contribution in [0.5, 0.6) is 0 Å². The summed E-state index contributed by atoms with van der Waals surface area (Å²) in [7, 11) is 1.89. The number of thioether (sulfide) groups is 1. The van der Waals surface area contributed by atoms with Gasteiger partial charge in [-0.1, -0.05) is 18.2 Å². The molecular weight excluding hydrogens is 244 g/mol. The maximum absolute atomic E-state index is 11.7. The van der Waals surface area contributed by atoms with Gasteiger partial charge < -0.3 is 4.90 Å². The number of fused-ring (bicyclic) bond motifs is 1. The van der Waals surface area contributed by atoms with Gasteiger partial charge in [0, 0.05) is 36.8 Å². The van der Waals surface area contributed by atoms with E-state index in [1.54, 1.807) is 0 Å². The molecule has 0 spiro atoms. The quantitative estimate of drug-likeness (QED) is 0.806. The molecule has 2 aliphatic rings. The molecule has 3 rings (SSSR count). The molecule has 1 aromatic carbocycles. The number of benzene rings is 1. The van der Waals surface area contributed by atoms with Crippen molar-refractivity contribution in [1.29, 1.82) is 0 Å². The molecule has 1 aromatic rings. The lowest BCUT2D eigenvalue weighted by atomic mass is 10.1. The van der Waals surface area contributed by atoms with Crippen LogP contribution >= 0.6 is 11.8 Å². The molecular formula is C14H18N2OS. The van der Waals surface area contributed by atoms with E-state index >= 15 is 0 Å². The maximum Gasteiger partial charge on any atom is 0.236 e. The molecule has 1 fully saturated rings. The van der Waals surface area contributed by atoms with Crippen LogP contribution < -0.4 is 0 Å². The Labute approximate surface area is 112 Å². The first-order valence-corrected chi connectivity index (χ1v) is 7.31. The number of nitrogens with zero attached hydrogens (tertiary/aromatic N) is 2. The summed E-state index contributed by atoms with van der Waals surface area (Å²) < 4.78 is 0. The van der Waals surface area contributed by atoms with E-state index in [-0.39, 0.29) is 5.91 Å². The summed E-state index contributed by atoms with van der Waals surface area (Å²) in [6.45, 7) is 3.49. The maximum atomic E-state index is 11.7. The van der Waals surface area contributed by atoms with Crippen LogP contribution in [0.3, 0.4) is 0 Å². The number of carbonyl (C=O) groups is 1. The number of amides is 1. The zero-order chi connectivity index (χ0) is 12.5. The molecule has 2 aliphatic heterocycles. The van der Waals surface area contributed by atoms with Crippen LogP contribution in [0.15, 0.2) is 29.2 Å². The Morgan fingerprint density at radius 1 is 1.33 bits per heavy atom. The average Bonchev–Trinajstić information content (AvgIpc) is 2.76. The van der Waals surface area contributed by atoms with Crippen LogP contribution in [0.4, 0.5) is 0 Å². The van der Waals surface area contributed by atoms with Crippen molar-refractivity contribution in [3.8, 4) is 0 Å². The highest BCUT2D eigenvalue weighted by Gasteiger charge is 2.27. The second kappa shape index (κ2) is 4.94. The molecule has 0 N–H and O–H groups in total. The number of carbonyl (C=O) groups excluding carboxylic acids is 1. The Morgan fingerprint density at radius 3 is 2.94 bits per heavy atom. The topological polar surface area (TPSA) is 23.6 Å². The highest BCUT2D eigenvalue weighted by atomic mass is 32.2.